The van der Waals surface area contributed by atoms with Crippen LogP contribution in [0.3, 0.4) is 0 Å². The van der Waals surface area contributed by atoms with E-state index in [9.17, 15) is 0 Å². The molecule has 0 amide bonds. The molecule has 0 saturated heterocycles. The molecular weight excluding hydrogens is 478 g/mol. The molecule has 0 saturated carbocycles. The first-order valence-electron chi connectivity index (χ1n) is 13.8. The second-order valence-corrected chi connectivity index (χ2v) is 9.85. The SMILES string of the molecule is C=CCCc1ccc(-c2ccc(C(OCCCCCCO)c3ccc(-c4ccc(C#N)cc4)cc3)cc2)cc1. The number of ether oxygens (including phenoxy) is 1. The highest BCUT2D eigenvalue weighted by molar-refractivity contribution is 5.66. The zero-order valence-corrected chi connectivity index (χ0v) is 22.6. The lowest BCUT2D eigenvalue weighted by Crippen LogP contribution is -2.08. The zero-order chi connectivity index (χ0) is 27.3. The summed E-state index contributed by atoms with van der Waals surface area (Å²) < 4.78 is 6.46. The predicted octanol–water partition coefficient (Wildman–Crippen LogP) is 8.67. The lowest BCUT2D eigenvalue weighted by molar-refractivity contribution is 0.0766. The molecule has 0 spiro atoms. The topological polar surface area (TPSA) is 53.2 Å². The van der Waals surface area contributed by atoms with Crippen LogP contribution in [0.25, 0.3) is 22.3 Å². The first-order valence-corrected chi connectivity index (χ1v) is 13.8. The number of nitrogens with zero attached hydrogens (tertiary/aromatic N) is 1. The molecule has 0 aliphatic heterocycles. The molecule has 1 N–H and O–H groups in total. The van der Waals surface area contributed by atoms with Crippen LogP contribution in [0.1, 0.15) is 60.5 Å². The quantitative estimate of drug-likeness (QED) is 0.135. The van der Waals surface area contributed by atoms with E-state index in [4.69, 9.17) is 15.1 Å². The molecule has 1 unspecified atom stereocenters. The summed E-state index contributed by atoms with van der Waals surface area (Å²) >= 11 is 0. The van der Waals surface area contributed by atoms with Gasteiger partial charge in [-0.2, -0.15) is 5.26 Å². The highest BCUT2D eigenvalue weighted by Crippen LogP contribution is 2.31. The fraction of sp³-hybridized carbons (Fsp3) is 0.250. The van der Waals surface area contributed by atoms with Crippen molar-refractivity contribution in [3.63, 3.8) is 0 Å². The van der Waals surface area contributed by atoms with Crippen molar-refractivity contribution in [2.75, 3.05) is 13.2 Å². The average Bonchev–Trinajstić information content (AvgIpc) is 3.00. The predicted molar refractivity (Wildman–Crippen MR) is 160 cm³/mol. The van der Waals surface area contributed by atoms with Crippen molar-refractivity contribution in [3.8, 4) is 28.3 Å². The van der Waals surface area contributed by atoms with Gasteiger partial charge in [-0.25, -0.2) is 0 Å². The molecule has 1 atom stereocenters. The third-order valence-corrected chi connectivity index (χ3v) is 7.04. The highest BCUT2D eigenvalue weighted by Gasteiger charge is 2.16. The number of allylic oxidation sites excluding steroid dienone is 1. The molecule has 0 bridgehead atoms. The monoisotopic (exact) mass is 515 g/mol. The molecule has 0 heterocycles. The van der Waals surface area contributed by atoms with Gasteiger partial charge in [0.25, 0.3) is 0 Å². The maximum atomic E-state index is 9.08. The van der Waals surface area contributed by atoms with Gasteiger partial charge in [-0.15, -0.1) is 6.58 Å². The van der Waals surface area contributed by atoms with Crippen LogP contribution in [0.2, 0.25) is 0 Å². The Morgan fingerprint density at radius 3 is 1.67 bits per heavy atom. The number of unbranched alkanes of at least 4 members (excludes halogenated alkanes) is 3. The van der Waals surface area contributed by atoms with Crippen molar-refractivity contribution < 1.29 is 9.84 Å². The highest BCUT2D eigenvalue weighted by atomic mass is 16.5. The summed E-state index contributed by atoms with van der Waals surface area (Å²) in [7, 11) is 0. The van der Waals surface area contributed by atoms with E-state index in [0.717, 1.165) is 60.8 Å². The van der Waals surface area contributed by atoms with E-state index in [1.165, 1.54) is 16.7 Å². The summed E-state index contributed by atoms with van der Waals surface area (Å²) in [6, 6.07) is 35.8. The molecular formula is C36H37NO2. The van der Waals surface area contributed by atoms with Gasteiger partial charge in [0.1, 0.15) is 6.10 Å². The third kappa shape index (κ3) is 8.01. The number of nitriles is 1. The zero-order valence-electron chi connectivity index (χ0n) is 22.6. The van der Waals surface area contributed by atoms with Gasteiger partial charge in [-0.1, -0.05) is 104 Å². The summed E-state index contributed by atoms with van der Waals surface area (Å²) in [5.74, 6) is 0. The summed E-state index contributed by atoms with van der Waals surface area (Å²) in [4.78, 5) is 0. The van der Waals surface area contributed by atoms with Gasteiger partial charge in [-0.05, 0) is 76.8 Å². The summed E-state index contributed by atoms with van der Waals surface area (Å²) in [6.07, 6.45) is 7.69. The number of aliphatic hydroxyl groups excluding tert-OH is 1. The van der Waals surface area contributed by atoms with Crippen LogP contribution in [0.15, 0.2) is 110 Å². The van der Waals surface area contributed by atoms with Gasteiger partial charge in [0.05, 0.1) is 11.6 Å². The van der Waals surface area contributed by atoms with Gasteiger partial charge in [0.2, 0.25) is 0 Å². The molecule has 0 radical (unpaired) electrons. The Labute approximate surface area is 233 Å². The van der Waals surface area contributed by atoms with E-state index in [1.807, 2.05) is 30.3 Å². The van der Waals surface area contributed by atoms with Crippen molar-refractivity contribution in [2.45, 2.75) is 44.6 Å². The van der Waals surface area contributed by atoms with E-state index in [2.05, 4.69) is 85.4 Å². The Balaban J connectivity index is 1.51. The molecule has 4 aromatic carbocycles. The van der Waals surface area contributed by atoms with Gasteiger partial charge in [0.15, 0.2) is 0 Å². The maximum Gasteiger partial charge on any atom is 0.108 e. The largest absolute Gasteiger partial charge is 0.396 e. The molecule has 0 aromatic heterocycles. The Morgan fingerprint density at radius 2 is 1.18 bits per heavy atom. The lowest BCUT2D eigenvalue weighted by Gasteiger charge is -2.20. The van der Waals surface area contributed by atoms with Crippen LogP contribution in [0.4, 0.5) is 0 Å². The van der Waals surface area contributed by atoms with E-state index in [0.29, 0.717) is 12.2 Å². The van der Waals surface area contributed by atoms with E-state index >= 15 is 0 Å². The smallest absolute Gasteiger partial charge is 0.108 e. The molecule has 198 valence electrons. The molecule has 4 aromatic rings. The van der Waals surface area contributed by atoms with Crippen LogP contribution >= 0.6 is 0 Å². The molecule has 0 aliphatic carbocycles. The standard InChI is InChI=1S/C36H37NO2/c1-2-3-8-28-9-13-30(14-10-28)32-17-21-34(22-18-32)36(39-26-7-5-4-6-25-38)35-23-19-33(20-24-35)31-15-11-29(27-37)12-16-31/h2,9-24,36,38H,1,3-8,25-26H2. The van der Waals surface area contributed by atoms with Crippen molar-refractivity contribution in [2.24, 2.45) is 0 Å². The Hall–Kier alpha value is -3.97. The minimum Gasteiger partial charge on any atom is -0.396 e. The molecule has 0 fully saturated rings. The number of hydrogen-bond donors (Lipinski definition) is 1. The minimum absolute atomic E-state index is 0.159. The van der Waals surface area contributed by atoms with Gasteiger partial charge < -0.3 is 9.84 Å². The Morgan fingerprint density at radius 1 is 0.692 bits per heavy atom. The number of benzene rings is 4. The summed E-state index contributed by atoms with van der Waals surface area (Å²) in [5.41, 5.74) is 8.82. The molecule has 0 aliphatic rings. The minimum atomic E-state index is -0.159. The maximum absolute atomic E-state index is 9.08. The number of rotatable bonds is 14. The van der Waals surface area contributed by atoms with E-state index in [1.54, 1.807) is 0 Å². The van der Waals surface area contributed by atoms with Crippen LogP contribution in [0, 0.1) is 11.3 Å². The number of aliphatic hydroxyl groups is 1. The fourth-order valence-electron chi connectivity index (χ4n) is 4.72. The lowest BCUT2D eigenvalue weighted by atomic mass is 9.95. The van der Waals surface area contributed by atoms with Gasteiger partial charge in [-0.3, -0.25) is 0 Å². The first kappa shape index (κ1) is 28.0. The van der Waals surface area contributed by atoms with Crippen LogP contribution in [0.5, 0.6) is 0 Å². The van der Waals surface area contributed by atoms with Crippen LogP contribution < -0.4 is 0 Å². The van der Waals surface area contributed by atoms with Gasteiger partial charge >= 0.3 is 0 Å². The fourth-order valence-corrected chi connectivity index (χ4v) is 4.72. The Kier molecular flexibility index (Phi) is 10.7. The summed E-state index contributed by atoms with van der Waals surface area (Å²) in [5, 5.41) is 18.1. The molecule has 4 rings (SSSR count). The normalized spacial score (nSPS) is 11.6. The van der Waals surface area contributed by atoms with E-state index in [-0.39, 0.29) is 12.7 Å². The summed E-state index contributed by atoms with van der Waals surface area (Å²) in [6.45, 7) is 4.73. The van der Waals surface area contributed by atoms with Crippen molar-refractivity contribution in [1.29, 1.82) is 5.26 Å². The first-order chi connectivity index (χ1) is 19.2. The average molecular weight is 516 g/mol. The van der Waals surface area contributed by atoms with Crippen molar-refractivity contribution in [1.82, 2.24) is 0 Å². The number of hydrogen-bond acceptors (Lipinski definition) is 3. The van der Waals surface area contributed by atoms with Crippen molar-refractivity contribution in [3.05, 3.63) is 132 Å². The molecule has 3 heteroatoms. The third-order valence-electron chi connectivity index (χ3n) is 7.04. The Bertz CT molecular complexity index is 1330. The van der Waals surface area contributed by atoms with Gasteiger partial charge in [0, 0.05) is 13.2 Å². The molecule has 39 heavy (non-hydrogen) atoms. The molecule has 3 nitrogen and oxygen atoms in total. The van der Waals surface area contributed by atoms with Crippen LogP contribution in [-0.2, 0) is 11.2 Å². The van der Waals surface area contributed by atoms with Crippen LogP contribution in [-0.4, -0.2) is 18.3 Å². The van der Waals surface area contributed by atoms with Crippen molar-refractivity contribution >= 4 is 0 Å². The second kappa shape index (κ2) is 14.8. The second-order valence-electron chi connectivity index (χ2n) is 9.85. The van der Waals surface area contributed by atoms with E-state index < -0.39 is 0 Å². The number of aryl methyl sites for hydroxylation is 1.